The van der Waals surface area contributed by atoms with Crippen molar-refractivity contribution in [1.29, 1.82) is 0 Å². The van der Waals surface area contributed by atoms with Gasteiger partial charge in [-0.2, -0.15) is 0 Å². The van der Waals surface area contributed by atoms with Gasteiger partial charge in [0.05, 0.1) is 15.8 Å². The van der Waals surface area contributed by atoms with Crippen LogP contribution in [0.5, 0.6) is 5.75 Å². The van der Waals surface area contributed by atoms with Crippen molar-refractivity contribution in [3.63, 3.8) is 0 Å². The molecule has 0 heterocycles. The van der Waals surface area contributed by atoms with Gasteiger partial charge >= 0.3 is 0 Å². The number of benzene rings is 1. The number of ether oxygens (including phenoxy) is 1. The van der Waals surface area contributed by atoms with Gasteiger partial charge in [-0.25, -0.2) is 13.6 Å². The Kier molecular flexibility index (Phi) is 4.21. The molecular weight excluding hydrogens is 261 g/mol. The number of hydrogen-bond acceptors (Lipinski definition) is 3. The van der Waals surface area contributed by atoms with Crippen LogP contribution in [-0.2, 0) is 10.0 Å². The minimum atomic E-state index is -3.50. The van der Waals surface area contributed by atoms with E-state index in [1.165, 1.54) is 6.07 Å². The fraction of sp³-hybridized carbons (Fsp3) is 0.250. The van der Waals surface area contributed by atoms with E-state index in [1.807, 2.05) is 0 Å². The van der Waals surface area contributed by atoms with Crippen LogP contribution < -0.4 is 9.88 Å². The van der Waals surface area contributed by atoms with Crippen molar-refractivity contribution in [3.8, 4) is 5.75 Å². The van der Waals surface area contributed by atoms with Crippen LogP contribution in [0.1, 0.15) is 0 Å². The van der Waals surface area contributed by atoms with E-state index in [1.54, 1.807) is 12.1 Å². The number of sulfonamides is 1. The monoisotopic (exact) mass is 269 g/mol. The summed E-state index contributed by atoms with van der Waals surface area (Å²) >= 11 is 11.4. The first kappa shape index (κ1) is 12.6. The molecule has 1 aromatic carbocycles. The molecule has 0 aromatic heterocycles. The van der Waals surface area contributed by atoms with Gasteiger partial charge < -0.3 is 4.74 Å². The van der Waals surface area contributed by atoms with Crippen molar-refractivity contribution in [2.45, 2.75) is 0 Å². The Morgan fingerprint density at radius 1 is 1.27 bits per heavy atom. The van der Waals surface area contributed by atoms with Crippen LogP contribution in [0.3, 0.4) is 0 Å². The molecular formula is C8H9Cl2NO3S. The van der Waals surface area contributed by atoms with Gasteiger partial charge in [0.15, 0.2) is 0 Å². The molecule has 0 saturated carbocycles. The molecule has 1 rings (SSSR count). The minimum absolute atomic E-state index is 0.0171. The predicted molar refractivity (Wildman–Crippen MR) is 59.9 cm³/mol. The lowest BCUT2D eigenvalue weighted by atomic mass is 10.3. The summed E-state index contributed by atoms with van der Waals surface area (Å²) in [7, 11) is -3.50. The first-order chi connectivity index (χ1) is 6.88. The Labute approximate surface area is 98.0 Å². The second-order valence-electron chi connectivity index (χ2n) is 2.79. The van der Waals surface area contributed by atoms with Gasteiger partial charge in [-0.05, 0) is 12.1 Å². The molecule has 0 aliphatic carbocycles. The third-order valence-electron chi connectivity index (χ3n) is 1.53. The number of hydrogen-bond donors (Lipinski definition) is 1. The number of primary sulfonamides is 1. The lowest BCUT2D eigenvalue weighted by Crippen LogP contribution is -2.21. The van der Waals surface area contributed by atoms with Crippen molar-refractivity contribution >= 4 is 33.2 Å². The molecule has 0 aliphatic rings. The molecule has 0 bridgehead atoms. The van der Waals surface area contributed by atoms with E-state index in [-0.39, 0.29) is 12.4 Å². The van der Waals surface area contributed by atoms with E-state index in [9.17, 15) is 8.42 Å². The zero-order chi connectivity index (χ0) is 11.5. The van der Waals surface area contributed by atoms with Crippen LogP contribution in [0.15, 0.2) is 18.2 Å². The Morgan fingerprint density at radius 3 is 2.47 bits per heavy atom. The fourth-order valence-corrected chi connectivity index (χ4v) is 1.45. The van der Waals surface area contributed by atoms with E-state index in [2.05, 4.69) is 0 Å². The summed E-state index contributed by atoms with van der Waals surface area (Å²) < 4.78 is 26.3. The molecule has 4 nitrogen and oxygen atoms in total. The molecule has 0 atom stereocenters. The maximum absolute atomic E-state index is 10.6. The van der Waals surface area contributed by atoms with Gasteiger partial charge in [0, 0.05) is 6.07 Å². The van der Waals surface area contributed by atoms with Crippen LogP contribution >= 0.6 is 23.2 Å². The van der Waals surface area contributed by atoms with Gasteiger partial charge in [-0.15, -0.1) is 0 Å². The Hall–Kier alpha value is -0.490. The second kappa shape index (κ2) is 5.03. The summed E-state index contributed by atoms with van der Waals surface area (Å²) in [6, 6.07) is 4.67. The first-order valence-electron chi connectivity index (χ1n) is 3.97. The molecule has 15 heavy (non-hydrogen) atoms. The average molecular weight is 270 g/mol. The van der Waals surface area contributed by atoms with Gasteiger partial charge in [-0.3, -0.25) is 0 Å². The highest BCUT2D eigenvalue weighted by Crippen LogP contribution is 2.26. The summed E-state index contributed by atoms with van der Waals surface area (Å²) in [5.41, 5.74) is 0. The zero-order valence-electron chi connectivity index (χ0n) is 7.61. The highest BCUT2D eigenvalue weighted by atomic mass is 35.5. The van der Waals surface area contributed by atoms with Gasteiger partial charge in [-0.1, -0.05) is 23.2 Å². The lowest BCUT2D eigenvalue weighted by Gasteiger charge is -2.05. The molecule has 84 valence electrons. The van der Waals surface area contributed by atoms with E-state index in [0.717, 1.165) is 0 Å². The smallest absolute Gasteiger partial charge is 0.212 e. The number of halogens is 2. The third kappa shape index (κ3) is 4.70. The Bertz CT molecular complexity index is 447. The maximum Gasteiger partial charge on any atom is 0.212 e. The number of nitrogens with two attached hydrogens (primary N) is 1. The fourth-order valence-electron chi connectivity index (χ4n) is 0.842. The molecule has 0 saturated heterocycles. The third-order valence-corrected chi connectivity index (χ3v) is 3.00. The normalized spacial score (nSPS) is 11.4. The largest absolute Gasteiger partial charge is 0.492 e. The second-order valence-corrected chi connectivity index (χ2v) is 5.34. The van der Waals surface area contributed by atoms with Crippen molar-refractivity contribution in [2.24, 2.45) is 5.14 Å². The average Bonchev–Trinajstić information content (AvgIpc) is 2.09. The quantitative estimate of drug-likeness (QED) is 0.904. The standard InChI is InChI=1S/C8H9Cl2NO3S/c9-7-2-1-6(5-8(7)10)14-3-4-15(11,12)13/h1-2,5H,3-4H2,(H2,11,12,13). The summed E-state index contributed by atoms with van der Waals surface area (Å²) in [4.78, 5) is 0. The summed E-state index contributed by atoms with van der Waals surface area (Å²) in [5, 5.41) is 5.56. The van der Waals surface area contributed by atoms with Crippen LogP contribution in [-0.4, -0.2) is 20.8 Å². The van der Waals surface area contributed by atoms with E-state index in [0.29, 0.717) is 15.8 Å². The van der Waals surface area contributed by atoms with Crippen LogP contribution in [0.4, 0.5) is 0 Å². The molecule has 0 spiro atoms. The molecule has 0 radical (unpaired) electrons. The highest BCUT2D eigenvalue weighted by Gasteiger charge is 2.04. The van der Waals surface area contributed by atoms with Gasteiger partial charge in [0.25, 0.3) is 0 Å². The van der Waals surface area contributed by atoms with E-state index >= 15 is 0 Å². The van der Waals surface area contributed by atoms with E-state index < -0.39 is 10.0 Å². The highest BCUT2D eigenvalue weighted by molar-refractivity contribution is 7.89. The predicted octanol–water partition coefficient (Wildman–Crippen LogP) is 1.66. The van der Waals surface area contributed by atoms with Crippen LogP contribution in [0.2, 0.25) is 10.0 Å². The summed E-state index contributed by atoms with van der Waals surface area (Å²) in [6.45, 7) is -0.0171. The molecule has 0 amide bonds. The maximum atomic E-state index is 10.6. The Balaban J connectivity index is 2.55. The molecule has 2 N–H and O–H groups in total. The molecule has 0 fully saturated rings. The number of rotatable bonds is 4. The molecule has 7 heteroatoms. The van der Waals surface area contributed by atoms with Crippen molar-refractivity contribution in [3.05, 3.63) is 28.2 Å². The first-order valence-corrected chi connectivity index (χ1v) is 6.44. The lowest BCUT2D eigenvalue weighted by molar-refractivity contribution is 0.341. The topological polar surface area (TPSA) is 69.4 Å². The zero-order valence-corrected chi connectivity index (χ0v) is 9.94. The van der Waals surface area contributed by atoms with Crippen molar-refractivity contribution < 1.29 is 13.2 Å². The SMILES string of the molecule is NS(=O)(=O)CCOc1ccc(Cl)c(Cl)c1. The molecule has 0 unspecified atom stereocenters. The van der Waals surface area contributed by atoms with Crippen molar-refractivity contribution in [2.75, 3.05) is 12.4 Å². The molecule has 1 aromatic rings. The van der Waals surface area contributed by atoms with Gasteiger partial charge in [0.1, 0.15) is 12.4 Å². The van der Waals surface area contributed by atoms with Gasteiger partial charge in [0.2, 0.25) is 10.0 Å². The van der Waals surface area contributed by atoms with E-state index in [4.69, 9.17) is 33.1 Å². The van der Waals surface area contributed by atoms with Crippen LogP contribution in [0.25, 0.3) is 0 Å². The minimum Gasteiger partial charge on any atom is -0.492 e. The van der Waals surface area contributed by atoms with Crippen LogP contribution in [0, 0.1) is 0 Å². The summed E-state index contributed by atoms with van der Waals surface area (Å²) in [6.07, 6.45) is 0. The van der Waals surface area contributed by atoms with Crippen molar-refractivity contribution in [1.82, 2.24) is 0 Å². The summed E-state index contributed by atoms with van der Waals surface area (Å²) in [5.74, 6) is 0.209. The molecule has 0 aliphatic heterocycles. The Morgan fingerprint density at radius 2 is 1.93 bits per heavy atom.